The third kappa shape index (κ3) is 3.97. The van der Waals surface area contributed by atoms with Crippen LogP contribution in [0.5, 0.6) is 0 Å². The number of hydrogen-bond acceptors (Lipinski definition) is 3. The first-order valence-corrected chi connectivity index (χ1v) is 7.59. The van der Waals surface area contributed by atoms with Gasteiger partial charge in [-0.15, -0.1) is 0 Å². The quantitative estimate of drug-likeness (QED) is 0.774. The first kappa shape index (κ1) is 14.9. The van der Waals surface area contributed by atoms with Crippen molar-refractivity contribution in [3.8, 4) is 0 Å². The van der Waals surface area contributed by atoms with Crippen LogP contribution in [0.3, 0.4) is 0 Å². The van der Waals surface area contributed by atoms with Gasteiger partial charge in [0.2, 0.25) is 5.91 Å². The topological polar surface area (TPSA) is 67.2 Å². The number of benzene rings is 1. The zero-order valence-electron chi connectivity index (χ0n) is 12.2. The monoisotopic (exact) mass is 275 g/mol. The summed E-state index contributed by atoms with van der Waals surface area (Å²) in [6, 6.07) is 8.40. The lowest BCUT2D eigenvalue weighted by Gasteiger charge is -2.32. The van der Waals surface area contributed by atoms with Gasteiger partial charge in [0.15, 0.2) is 0 Å². The van der Waals surface area contributed by atoms with E-state index in [1.165, 1.54) is 25.7 Å². The van der Waals surface area contributed by atoms with Gasteiger partial charge in [-0.25, -0.2) is 0 Å². The number of rotatable bonds is 5. The van der Waals surface area contributed by atoms with Gasteiger partial charge in [0, 0.05) is 23.8 Å². The molecule has 1 aliphatic rings. The number of carbonyl (C=O) groups is 1. The SMILES string of the molecule is CCC(=O)Nc1ccc(NC2CCCCC2CN)cc1. The summed E-state index contributed by atoms with van der Waals surface area (Å²) in [7, 11) is 0. The molecule has 20 heavy (non-hydrogen) atoms. The number of nitrogens with one attached hydrogen (secondary N) is 2. The van der Waals surface area contributed by atoms with Crippen LogP contribution in [0.15, 0.2) is 24.3 Å². The van der Waals surface area contributed by atoms with Crippen LogP contribution in [-0.4, -0.2) is 18.5 Å². The number of anilines is 2. The largest absolute Gasteiger partial charge is 0.382 e. The first-order valence-electron chi connectivity index (χ1n) is 7.59. The van der Waals surface area contributed by atoms with Crippen molar-refractivity contribution in [1.82, 2.24) is 0 Å². The lowest BCUT2D eigenvalue weighted by atomic mass is 9.84. The Kier molecular flexibility index (Phi) is 5.41. The maximum Gasteiger partial charge on any atom is 0.224 e. The molecule has 0 aliphatic heterocycles. The van der Waals surface area contributed by atoms with Crippen LogP contribution in [0.1, 0.15) is 39.0 Å². The van der Waals surface area contributed by atoms with Crippen LogP contribution < -0.4 is 16.4 Å². The van der Waals surface area contributed by atoms with E-state index in [2.05, 4.69) is 10.6 Å². The summed E-state index contributed by atoms with van der Waals surface area (Å²) in [6.45, 7) is 2.60. The Morgan fingerprint density at radius 3 is 2.50 bits per heavy atom. The molecular weight excluding hydrogens is 250 g/mol. The van der Waals surface area contributed by atoms with Gasteiger partial charge in [0.25, 0.3) is 0 Å². The van der Waals surface area contributed by atoms with Crippen LogP contribution in [0.25, 0.3) is 0 Å². The van der Waals surface area contributed by atoms with Crippen LogP contribution in [0.2, 0.25) is 0 Å². The molecule has 0 bridgehead atoms. The second-order valence-electron chi connectivity index (χ2n) is 5.51. The fourth-order valence-corrected chi connectivity index (χ4v) is 2.79. The fourth-order valence-electron chi connectivity index (χ4n) is 2.79. The average molecular weight is 275 g/mol. The van der Waals surface area contributed by atoms with Crippen molar-refractivity contribution in [3.63, 3.8) is 0 Å². The van der Waals surface area contributed by atoms with Gasteiger partial charge in [0.05, 0.1) is 0 Å². The average Bonchev–Trinajstić information content (AvgIpc) is 2.49. The molecule has 1 aromatic rings. The predicted molar refractivity (Wildman–Crippen MR) is 83.8 cm³/mol. The lowest BCUT2D eigenvalue weighted by molar-refractivity contribution is -0.115. The number of amides is 1. The molecule has 0 saturated heterocycles. The van der Waals surface area contributed by atoms with E-state index < -0.39 is 0 Å². The summed E-state index contributed by atoms with van der Waals surface area (Å²) in [5, 5.41) is 6.44. The molecule has 1 saturated carbocycles. The molecule has 4 nitrogen and oxygen atoms in total. The number of carbonyl (C=O) groups excluding carboxylic acids is 1. The minimum absolute atomic E-state index is 0.0428. The summed E-state index contributed by atoms with van der Waals surface area (Å²) in [5.41, 5.74) is 7.80. The van der Waals surface area contributed by atoms with Gasteiger partial charge >= 0.3 is 0 Å². The highest BCUT2D eigenvalue weighted by Gasteiger charge is 2.23. The summed E-state index contributed by atoms with van der Waals surface area (Å²) < 4.78 is 0. The van der Waals surface area contributed by atoms with Gasteiger partial charge in [-0.05, 0) is 49.6 Å². The molecule has 0 spiro atoms. The second-order valence-corrected chi connectivity index (χ2v) is 5.51. The van der Waals surface area contributed by atoms with E-state index in [0.717, 1.165) is 17.9 Å². The molecule has 4 heteroatoms. The van der Waals surface area contributed by atoms with E-state index >= 15 is 0 Å². The molecule has 1 aliphatic carbocycles. The molecule has 4 N–H and O–H groups in total. The molecule has 0 aromatic heterocycles. The van der Waals surface area contributed by atoms with E-state index in [0.29, 0.717) is 18.4 Å². The van der Waals surface area contributed by atoms with Crippen LogP contribution in [0, 0.1) is 5.92 Å². The van der Waals surface area contributed by atoms with E-state index in [-0.39, 0.29) is 5.91 Å². The summed E-state index contributed by atoms with van der Waals surface area (Å²) >= 11 is 0. The molecule has 2 rings (SSSR count). The summed E-state index contributed by atoms with van der Waals surface area (Å²) in [4.78, 5) is 11.3. The summed E-state index contributed by atoms with van der Waals surface area (Å²) in [6.07, 6.45) is 5.48. The molecule has 0 radical (unpaired) electrons. The Hall–Kier alpha value is -1.55. The zero-order chi connectivity index (χ0) is 14.4. The molecule has 1 aromatic carbocycles. The fraction of sp³-hybridized carbons (Fsp3) is 0.562. The normalized spacial score (nSPS) is 22.3. The number of nitrogens with two attached hydrogens (primary N) is 1. The second kappa shape index (κ2) is 7.29. The Balaban J connectivity index is 1.94. The van der Waals surface area contributed by atoms with Gasteiger partial charge in [0.1, 0.15) is 0 Å². The predicted octanol–water partition coefficient (Wildman–Crippen LogP) is 2.96. The Morgan fingerprint density at radius 2 is 1.85 bits per heavy atom. The summed E-state index contributed by atoms with van der Waals surface area (Å²) in [5.74, 6) is 0.615. The van der Waals surface area contributed by atoms with Crippen molar-refractivity contribution in [3.05, 3.63) is 24.3 Å². The van der Waals surface area contributed by atoms with Crippen molar-refractivity contribution in [1.29, 1.82) is 0 Å². The van der Waals surface area contributed by atoms with E-state index in [1.54, 1.807) is 0 Å². The van der Waals surface area contributed by atoms with E-state index in [9.17, 15) is 4.79 Å². The molecule has 110 valence electrons. The van der Waals surface area contributed by atoms with Crippen LogP contribution in [-0.2, 0) is 4.79 Å². The van der Waals surface area contributed by atoms with Gasteiger partial charge in [-0.3, -0.25) is 4.79 Å². The van der Waals surface area contributed by atoms with E-state index in [1.807, 2.05) is 31.2 Å². The van der Waals surface area contributed by atoms with Crippen molar-refractivity contribution >= 4 is 17.3 Å². The highest BCUT2D eigenvalue weighted by atomic mass is 16.1. The van der Waals surface area contributed by atoms with Crippen molar-refractivity contribution in [2.24, 2.45) is 11.7 Å². The Labute approximate surface area is 121 Å². The van der Waals surface area contributed by atoms with Crippen molar-refractivity contribution < 1.29 is 4.79 Å². The molecule has 1 fully saturated rings. The lowest BCUT2D eigenvalue weighted by Crippen LogP contribution is -2.36. The number of hydrogen-bond donors (Lipinski definition) is 3. The minimum Gasteiger partial charge on any atom is -0.382 e. The van der Waals surface area contributed by atoms with Crippen LogP contribution in [0.4, 0.5) is 11.4 Å². The molecule has 0 heterocycles. The Morgan fingerprint density at radius 1 is 1.20 bits per heavy atom. The smallest absolute Gasteiger partial charge is 0.224 e. The third-order valence-electron chi connectivity index (χ3n) is 4.05. The molecule has 1 amide bonds. The van der Waals surface area contributed by atoms with Crippen LogP contribution >= 0.6 is 0 Å². The van der Waals surface area contributed by atoms with Gasteiger partial charge < -0.3 is 16.4 Å². The van der Waals surface area contributed by atoms with E-state index in [4.69, 9.17) is 5.73 Å². The van der Waals surface area contributed by atoms with Crippen molar-refractivity contribution in [2.75, 3.05) is 17.2 Å². The Bertz CT molecular complexity index is 430. The molecule has 2 unspecified atom stereocenters. The molecule has 2 atom stereocenters. The maximum absolute atomic E-state index is 11.3. The minimum atomic E-state index is 0.0428. The van der Waals surface area contributed by atoms with Gasteiger partial charge in [-0.1, -0.05) is 19.8 Å². The first-order chi connectivity index (χ1) is 9.72. The zero-order valence-corrected chi connectivity index (χ0v) is 12.2. The van der Waals surface area contributed by atoms with Gasteiger partial charge in [-0.2, -0.15) is 0 Å². The third-order valence-corrected chi connectivity index (χ3v) is 4.05. The standard InChI is InChI=1S/C16H25N3O/c1-2-16(20)19-14-9-7-13(8-10-14)18-15-6-4-3-5-12(15)11-17/h7-10,12,15,18H,2-6,11,17H2,1H3,(H,19,20). The van der Waals surface area contributed by atoms with Crippen molar-refractivity contribution in [2.45, 2.75) is 45.1 Å². The molecular formula is C16H25N3O. The highest BCUT2D eigenvalue weighted by molar-refractivity contribution is 5.90. The highest BCUT2D eigenvalue weighted by Crippen LogP contribution is 2.27. The maximum atomic E-state index is 11.3.